The summed E-state index contributed by atoms with van der Waals surface area (Å²) in [6.45, 7) is 0. The van der Waals surface area contributed by atoms with Crippen LogP contribution in [0.2, 0.25) is 0 Å². The fourth-order valence-electron chi connectivity index (χ4n) is 1.56. The largest absolute Gasteiger partial charge is 0.497 e. The normalized spacial score (nSPS) is 9.90. The van der Waals surface area contributed by atoms with Gasteiger partial charge in [0.1, 0.15) is 17.3 Å². The molecule has 20 heavy (non-hydrogen) atoms. The summed E-state index contributed by atoms with van der Waals surface area (Å²) in [6.07, 6.45) is 2.61. The monoisotopic (exact) mass is 275 g/mol. The predicted octanol–water partition coefficient (Wildman–Crippen LogP) is 1.94. The van der Waals surface area contributed by atoms with E-state index in [0.717, 1.165) is 0 Å². The van der Waals surface area contributed by atoms with Crippen molar-refractivity contribution in [2.75, 3.05) is 19.5 Å². The summed E-state index contributed by atoms with van der Waals surface area (Å²) in [5, 5.41) is 11.8. The number of hydrogen-bond donors (Lipinski definition) is 2. The Morgan fingerprint density at radius 1 is 1.15 bits per heavy atom. The SMILES string of the molecule is COc1cc(Nc2cncc(C(=O)O)n2)cc(OC)c1. The van der Waals surface area contributed by atoms with Crippen LogP contribution >= 0.6 is 0 Å². The number of aromatic carboxylic acids is 1. The van der Waals surface area contributed by atoms with E-state index in [1.165, 1.54) is 12.4 Å². The van der Waals surface area contributed by atoms with Crippen LogP contribution in [0.15, 0.2) is 30.6 Å². The molecule has 7 heteroatoms. The molecule has 0 amide bonds. The van der Waals surface area contributed by atoms with Crippen molar-refractivity contribution in [3.05, 3.63) is 36.3 Å². The minimum absolute atomic E-state index is 0.134. The average Bonchev–Trinajstić information content (AvgIpc) is 2.47. The molecule has 0 unspecified atom stereocenters. The summed E-state index contributed by atoms with van der Waals surface area (Å²) in [5.74, 6) is 0.396. The molecule has 104 valence electrons. The summed E-state index contributed by atoms with van der Waals surface area (Å²) in [7, 11) is 3.09. The van der Waals surface area contributed by atoms with Gasteiger partial charge in [-0.1, -0.05) is 0 Å². The second-order valence-electron chi connectivity index (χ2n) is 3.82. The van der Waals surface area contributed by atoms with Crippen LogP contribution in [0.4, 0.5) is 11.5 Å². The van der Waals surface area contributed by atoms with E-state index in [1.54, 1.807) is 32.4 Å². The van der Waals surface area contributed by atoms with E-state index in [-0.39, 0.29) is 5.69 Å². The zero-order valence-electron chi connectivity index (χ0n) is 11.0. The highest BCUT2D eigenvalue weighted by atomic mass is 16.5. The lowest BCUT2D eigenvalue weighted by Crippen LogP contribution is -2.04. The number of nitrogens with zero attached hydrogens (tertiary/aromatic N) is 2. The number of anilines is 2. The van der Waals surface area contributed by atoms with E-state index >= 15 is 0 Å². The molecule has 2 N–H and O–H groups in total. The third-order valence-corrected chi connectivity index (χ3v) is 2.48. The van der Waals surface area contributed by atoms with Gasteiger partial charge in [-0.3, -0.25) is 4.98 Å². The summed E-state index contributed by atoms with van der Waals surface area (Å²) >= 11 is 0. The van der Waals surface area contributed by atoms with Crippen LogP contribution < -0.4 is 14.8 Å². The second kappa shape index (κ2) is 5.87. The zero-order valence-corrected chi connectivity index (χ0v) is 11.0. The number of ether oxygens (including phenoxy) is 2. The number of hydrogen-bond acceptors (Lipinski definition) is 6. The van der Waals surface area contributed by atoms with E-state index in [0.29, 0.717) is 23.0 Å². The van der Waals surface area contributed by atoms with Crippen LogP contribution in [-0.2, 0) is 0 Å². The van der Waals surface area contributed by atoms with Crippen LogP contribution in [0.1, 0.15) is 10.5 Å². The van der Waals surface area contributed by atoms with E-state index in [9.17, 15) is 4.79 Å². The lowest BCUT2D eigenvalue weighted by molar-refractivity contribution is 0.0690. The van der Waals surface area contributed by atoms with Crippen molar-refractivity contribution in [3.63, 3.8) is 0 Å². The van der Waals surface area contributed by atoms with Crippen molar-refractivity contribution < 1.29 is 19.4 Å². The molecule has 1 aromatic carbocycles. The second-order valence-corrected chi connectivity index (χ2v) is 3.82. The standard InChI is InChI=1S/C13H13N3O4/c1-19-9-3-8(4-10(5-9)20-2)15-12-7-14-6-11(16-12)13(17)18/h3-7H,1-2H3,(H,15,16)(H,17,18). The Morgan fingerprint density at radius 2 is 1.80 bits per heavy atom. The highest BCUT2D eigenvalue weighted by molar-refractivity contribution is 5.85. The number of nitrogens with one attached hydrogen (secondary N) is 1. The molecule has 2 rings (SSSR count). The molecular formula is C13H13N3O4. The minimum Gasteiger partial charge on any atom is -0.497 e. The molecule has 0 bridgehead atoms. The lowest BCUT2D eigenvalue weighted by atomic mass is 10.2. The van der Waals surface area contributed by atoms with Gasteiger partial charge in [0.2, 0.25) is 0 Å². The van der Waals surface area contributed by atoms with Crippen molar-refractivity contribution in [3.8, 4) is 11.5 Å². The average molecular weight is 275 g/mol. The molecule has 2 aromatic rings. The van der Waals surface area contributed by atoms with Gasteiger partial charge in [-0.15, -0.1) is 0 Å². The molecular weight excluding hydrogens is 262 g/mol. The number of rotatable bonds is 5. The van der Waals surface area contributed by atoms with E-state index < -0.39 is 5.97 Å². The summed E-state index contributed by atoms with van der Waals surface area (Å²) in [5.41, 5.74) is 0.517. The van der Waals surface area contributed by atoms with Crippen molar-refractivity contribution in [2.45, 2.75) is 0 Å². The van der Waals surface area contributed by atoms with Crippen molar-refractivity contribution in [1.29, 1.82) is 0 Å². The molecule has 0 aliphatic carbocycles. The van der Waals surface area contributed by atoms with Crippen molar-refractivity contribution in [2.24, 2.45) is 0 Å². The maximum atomic E-state index is 10.8. The molecule has 0 radical (unpaired) electrons. The third-order valence-electron chi connectivity index (χ3n) is 2.48. The maximum Gasteiger partial charge on any atom is 0.356 e. The predicted molar refractivity (Wildman–Crippen MR) is 71.8 cm³/mol. The lowest BCUT2D eigenvalue weighted by Gasteiger charge is -2.10. The summed E-state index contributed by atoms with van der Waals surface area (Å²) in [6, 6.07) is 5.19. The highest BCUT2D eigenvalue weighted by Crippen LogP contribution is 2.27. The Bertz CT molecular complexity index is 609. The van der Waals surface area contributed by atoms with Gasteiger partial charge >= 0.3 is 5.97 Å². The van der Waals surface area contributed by atoms with Crippen LogP contribution in [0.5, 0.6) is 11.5 Å². The fourth-order valence-corrected chi connectivity index (χ4v) is 1.56. The molecule has 1 aromatic heterocycles. The first kappa shape index (κ1) is 13.6. The molecule has 0 aliphatic rings. The van der Waals surface area contributed by atoms with E-state index in [2.05, 4.69) is 15.3 Å². The Labute approximate surface area is 115 Å². The molecule has 0 saturated heterocycles. The first-order chi connectivity index (χ1) is 9.62. The number of carboxylic acids is 1. The molecule has 0 aliphatic heterocycles. The number of aromatic nitrogens is 2. The molecule has 0 spiro atoms. The minimum atomic E-state index is -1.13. The van der Waals surface area contributed by atoms with Gasteiger partial charge in [-0.25, -0.2) is 9.78 Å². The molecule has 0 atom stereocenters. The molecule has 1 heterocycles. The first-order valence-corrected chi connectivity index (χ1v) is 5.68. The number of methoxy groups -OCH3 is 2. The first-order valence-electron chi connectivity index (χ1n) is 5.68. The number of benzene rings is 1. The number of carboxylic acid groups (broad SMARTS) is 1. The van der Waals surface area contributed by atoms with Crippen LogP contribution in [0.3, 0.4) is 0 Å². The summed E-state index contributed by atoms with van der Waals surface area (Å²) in [4.78, 5) is 18.6. The smallest absolute Gasteiger partial charge is 0.356 e. The van der Waals surface area contributed by atoms with Gasteiger partial charge in [0.25, 0.3) is 0 Å². The van der Waals surface area contributed by atoms with Crippen molar-refractivity contribution in [1.82, 2.24) is 9.97 Å². The topological polar surface area (TPSA) is 93.6 Å². The van der Waals surface area contributed by atoms with Gasteiger partial charge in [-0.2, -0.15) is 0 Å². The maximum absolute atomic E-state index is 10.8. The van der Waals surface area contributed by atoms with E-state index in [1.807, 2.05) is 0 Å². The number of carbonyl (C=O) groups is 1. The van der Waals surface area contributed by atoms with Crippen LogP contribution in [0, 0.1) is 0 Å². The third kappa shape index (κ3) is 3.14. The van der Waals surface area contributed by atoms with Gasteiger partial charge in [0.05, 0.1) is 26.6 Å². The van der Waals surface area contributed by atoms with Crippen LogP contribution in [0.25, 0.3) is 0 Å². The summed E-state index contributed by atoms with van der Waals surface area (Å²) < 4.78 is 10.3. The Morgan fingerprint density at radius 3 is 2.35 bits per heavy atom. The quantitative estimate of drug-likeness (QED) is 0.861. The highest BCUT2D eigenvalue weighted by Gasteiger charge is 2.07. The molecule has 0 saturated carbocycles. The Balaban J connectivity index is 2.29. The Hall–Kier alpha value is -2.83. The van der Waals surface area contributed by atoms with Gasteiger partial charge in [0, 0.05) is 23.9 Å². The van der Waals surface area contributed by atoms with Crippen molar-refractivity contribution >= 4 is 17.5 Å². The fraction of sp³-hybridized carbons (Fsp3) is 0.154. The van der Waals surface area contributed by atoms with Gasteiger partial charge in [-0.05, 0) is 0 Å². The molecule has 7 nitrogen and oxygen atoms in total. The van der Waals surface area contributed by atoms with Gasteiger partial charge in [0.15, 0.2) is 5.69 Å². The van der Waals surface area contributed by atoms with Crippen LogP contribution in [-0.4, -0.2) is 35.3 Å². The van der Waals surface area contributed by atoms with Gasteiger partial charge < -0.3 is 19.9 Å². The van der Waals surface area contributed by atoms with E-state index in [4.69, 9.17) is 14.6 Å². The zero-order chi connectivity index (χ0) is 14.5. The molecule has 0 fully saturated rings. The Kier molecular flexibility index (Phi) is 3.99.